The predicted octanol–water partition coefficient (Wildman–Crippen LogP) is 4.22. The first-order valence-corrected chi connectivity index (χ1v) is 9.95. The van der Waals surface area contributed by atoms with Gasteiger partial charge in [0, 0.05) is 43.8 Å². The topological polar surface area (TPSA) is 31.6 Å². The highest BCUT2D eigenvalue weighted by Gasteiger charge is 2.36. The molecular formula is C21H21BF5N3O. The van der Waals surface area contributed by atoms with Crippen molar-refractivity contribution >= 4 is 23.6 Å². The third kappa shape index (κ3) is 4.27. The highest BCUT2D eigenvalue weighted by atomic mass is 19.4. The molecule has 31 heavy (non-hydrogen) atoms. The molecular weight excluding hydrogens is 416 g/mol. The number of anilines is 1. The minimum atomic E-state index is -4.61. The highest BCUT2D eigenvalue weighted by Crippen LogP contribution is 2.38. The largest absolute Gasteiger partial charge is 0.437 e. The van der Waals surface area contributed by atoms with Crippen LogP contribution in [0.4, 0.5) is 27.6 Å². The summed E-state index contributed by atoms with van der Waals surface area (Å²) >= 11 is 0. The van der Waals surface area contributed by atoms with Crippen molar-refractivity contribution in [3.05, 3.63) is 65.4 Å². The molecule has 1 fully saturated rings. The van der Waals surface area contributed by atoms with Crippen molar-refractivity contribution in [2.75, 3.05) is 31.1 Å². The van der Waals surface area contributed by atoms with Gasteiger partial charge in [-0.05, 0) is 42.7 Å². The Hall–Kier alpha value is -2.59. The molecule has 1 saturated heterocycles. The van der Waals surface area contributed by atoms with Crippen LogP contribution in [-0.2, 0) is 12.7 Å². The van der Waals surface area contributed by atoms with Gasteiger partial charge in [0.2, 0.25) is 0 Å². The summed E-state index contributed by atoms with van der Waals surface area (Å²) in [4.78, 5) is 3.90. The van der Waals surface area contributed by atoms with E-state index in [0.717, 1.165) is 22.8 Å². The van der Waals surface area contributed by atoms with E-state index in [4.69, 9.17) is 0 Å². The zero-order chi connectivity index (χ0) is 22.3. The maximum atomic E-state index is 13.8. The van der Waals surface area contributed by atoms with Gasteiger partial charge in [-0.15, -0.1) is 0 Å². The molecule has 0 spiro atoms. The van der Waals surface area contributed by atoms with Crippen LogP contribution in [0.25, 0.3) is 10.9 Å². The molecule has 1 N–H and O–H groups in total. The van der Waals surface area contributed by atoms with Crippen LogP contribution in [0.3, 0.4) is 0 Å². The lowest BCUT2D eigenvalue weighted by atomic mass is 9.84. The highest BCUT2D eigenvalue weighted by molar-refractivity contribution is 6.45. The molecule has 4 nitrogen and oxygen atoms in total. The van der Waals surface area contributed by atoms with Crippen molar-refractivity contribution in [3.63, 3.8) is 0 Å². The van der Waals surface area contributed by atoms with Crippen LogP contribution < -0.4 is 4.90 Å². The standard InChI is InChI=1S/C21H21BF5N3O/c1-22(31)29-9-7-28(8-10-29)18-3-2-4-19-15(18)12-20(21(25,26)27)30(19)13-14-5-6-16(23)17(24)11-14/h2-6,11-12,31H,7-10,13H2,1H3. The van der Waals surface area contributed by atoms with Gasteiger partial charge in [-0.2, -0.15) is 13.2 Å². The molecule has 1 aliphatic heterocycles. The quantitative estimate of drug-likeness (QED) is 0.490. The summed E-state index contributed by atoms with van der Waals surface area (Å²) in [5.74, 6) is -2.14. The van der Waals surface area contributed by atoms with E-state index < -0.39 is 30.6 Å². The van der Waals surface area contributed by atoms with Gasteiger partial charge >= 0.3 is 13.2 Å². The second kappa shape index (κ2) is 8.16. The van der Waals surface area contributed by atoms with E-state index in [1.165, 1.54) is 6.07 Å². The molecule has 0 aliphatic carbocycles. The second-order valence-electron chi connectivity index (χ2n) is 7.73. The van der Waals surface area contributed by atoms with Crippen molar-refractivity contribution in [1.82, 2.24) is 9.38 Å². The van der Waals surface area contributed by atoms with Crippen LogP contribution in [0.5, 0.6) is 0 Å². The number of piperazine rings is 1. The molecule has 2 heterocycles. The number of nitrogens with zero attached hydrogens (tertiary/aromatic N) is 3. The van der Waals surface area contributed by atoms with E-state index >= 15 is 0 Å². The van der Waals surface area contributed by atoms with Gasteiger partial charge in [-0.3, -0.25) is 0 Å². The third-order valence-electron chi connectivity index (χ3n) is 5.72. The zero-order valence-electron chi connectivity index (χ0n) is 16.8. The fourth-order valence-electron chi connectivity index (χ4n) is 4.11. The fourth-order valence-corrected chi connectivity index (χ4v) is 4.11. The van der Waals surface area contributed by atoms with Crippen molar-refractivity contribution in [1.29, 1.82) is 0 Å². The summed E-state index contributed by atoms with van der Waals surface area (Å²) in [5, 5.41) is 10.2. The second-order valence-corrected chi connectivity index (χ2v) is 7.73. The van der Waals surface area contributed by atoms with Crippen LogP contribution in [0.15, 0.2) is 42.5 Å². The molecule has 164 valence electrons. The first-order valence-electron chi connectivity index (χ1n) is 9.95. The predicted molar refractivity (Wildman–Crippen MR) is 110 cm³/mol. The van der Waals surface area contributed by atoms with E-state index in [9.17, 15) is 27.0 Å². The maximum absolute atomic E-state index is 13.8. The molecule has 0 unspecified atom stereocenters. The number of hydrogen-bond acceptors (Lipinski definition) is 3. The number of alkyl halides is 3. The van der Waals surface area contributed by atoms with Crippen molar-refractivity contribution in [2.24, 2.45) is 0 Å². The molecule has 10 heteroatoms. The number of halogens is 5. The van der Waals surface area contributed by atoms with Crippen LogP contribution in [0.1, 0.15) is 11.3 Å². The van der Waals surface area contributed by atoms with Gasteiger partial charge in [-0.1, -0.05) is 12.1 Å². The van der Waals surface area contributed by atoms with Gasteiger partial charge in [0.1, 0.15) is 5.69 Å². The number of hydrogen-bond donors (Lipinski definition) is 1. The number of fused-ring (bicyclic) bond motifs is 1. The van der Waals surface area contributed by atoms with Crippen molar-refractivity contribution in [2.45, 2.75) is 19.5 Å². The summed E-state index contributed by atoms with van der Waals surface area (Å²) in [6.07, 6.45) is -4.61. The molecule has 1 aliphatic rings. The lowest BCUT2D eigenvalue weighted by molar-refractivity contribution is -0.143. The first kappa shape index (κ1) is 21.6. The normalized spacial score (nSPS) is 15.6. The van der Waals surface area contributed by atoms with Crippen molar-refractivity contribution < 1.29 is 27.0 Å². The van der Waals surface area contributed by atoms with Crippen LogP contribution in [-0.4, -0.2) is 47.6 Å². The van der Waals surface area contributed by atoms with Gasteiger partial charge < -0.3 is 19.3 Å². The molecule has 3 aromatic rings. The van der Waals surface area contributed by atoms with Crippen LogP contribution in [0, 0.1) is 11.6 Å². The van der Waals surface area contributed by atoms with Crippen LogP contribution in [0.2, 0.25) is 6.82 Å². The Morgan fingerprint density at radius 2 is 1.68 bits per heavy atom. The van der Waals surface area contributed by atoms with Gasteiger partial charge in [-0.25, -0.2) is 8.78 Å². The average Bonchev–Trinajstić information content (AvgIpc) is 3.10. The maximum Gasteiger partial charge on any atom is 0.431 e. The third-order valence-corrected chi connectivity index (χ3v) is 5.72. The van der Waals surface area contributed by atoms with E-state index in [2.05, 4.69) is 0 Å². The summed E-state index contributed by atoms with van der Waals surface area (Å²) in [6, 6.07) is 9.30. The Balaban J connectivity index is 1.76. The number of benzene rings is 2. The summed E-state index contributed by atoms with van der Waals surface area (Å²) in [5.41, 5.74) is 0.435. The summed E-state index contributed by atoms with van der Waals surface area (Å²) < 4.78 is 69.5. The van der Waals surface area contributed by atoms with E-state index in [-0.39, 0.29) is 12.1 Å². The Morgan fingerprint density at radius 3 is 2.29 bits per heavy atom. The zero-order valence-corrected chi connectivity index (χ0v) is 16.8. The molecule has 0 radical (unpaired) electrons. The fraction of sp³-hybridized carbons (Fsp3) is 0.333. The van der Waals surface area contributed by atoms with Crippen molar-refractivity contribution in [3.8, 4) is 0 Å². The lowest BCUT2D eigenvalue weighted by Crippen LogP contribution is -2.51. The molecule has 0 atom stereocenters. The number of aromatic nitrogens is 1. The average molecular weight is 437 g/mol. The molecule has 0 amide bonds. The molecule has 0 saturated carbocycles. The van der Waals surface area contributed by atoms with Gasteiger partial charge in [0.15, 0.2) is 11.6 Å². The Labute approximate surface area is 176 Å². The number of rotatable bonds is 4. The first-order chi connectivity index (χ1) is 14.6. The minimum absolute atomic E-state index is 0.234. The van der Waals surface area contributed by atoms with E-state index in [1.54, 1.807) is 25.0 Å². The molecule has 4 rings (SSSR count). The lowest BCUT2D eigenvalue weighted by Gasteiger charge is -2.37. The molecule has 1 aromatic heterocycles. The monoisotopic (exact) mass is 437 g/mol. The Bertz CT molecular complexity index is 1090. The minimum Gasteiger partial charge on any atom is -0.437 e. The van der Waals surface area contributed by atoms with Gasteiger partial charge in [0.25, 0.3) is 0 Å². The molecule has 2 aromatic carbocycles. The smallest absolute Gasteiger partial charge is 0.431 e. The molecule has 0 bridgehead atoms. The SMILES string of the molecule is CB(O)N1CCN(c2cccc3c2cc(C(F)(F)F)n3Cc2ccc(F)c(F)c2)CC1. The van der Waals surface area contributed by atoms with E-state index in [1.807, 2.05) is 9.71 Å². The van der Waals surface area contributed by atoms with Gasteiger partial charge in [0.05, 0.1) is 5.52 Å². The Morgan fingerprint density at radius 1 is 0.968 bits per heavy atom. The van der Waals surface area contributed by atoms with E-state index in [0.29, 0.717) is 42.8 Å². The Kier molecular flexibility index (Phi) is 5.70. The summed E-state index contributed by atoms with van der Waals surface area (Å²) in [7, 11) is -0.577. The summed E-state index contributed by atoms with van der Waals surface area (Å²) in [6.45, 7) is 3.77. The van der Waals surface area contributed by atoms with Crippen LogP contribution >= 0.6 is 0 Å².